The molecule has 0 radical (unpaired) electrons. The van der Waals surface area contributed by atoms with E-state index in [2.05, 4.69) is 5.32 Å². The maximum Gasteiger partial charge on any atom is 0.264 e. The number of anilines is 1. The lowest BCUT2D eigenvalue weighted by atomic mass is 10.0. The summed E-state index contributed by atoms with van der Waals surface area (Å²) in [7, 11) is -4.14. The molecule has 42 heavy (non-hydrogen) atoms. The van der Waals surface area contributed by atoms with Crippen LogP contribution in [-0.4, -0.2) is 43.8 Å². The van der Waals surface area contributed by atoms with Gasteiger partial charge in [0.1, 0.15) is 18.4 Å². The molecule has 1 atom stereocenters. The van der Waals surface area contributed by atoms with Gasteiger partial charge in [0.25, 0.3) is 10.0 Å². The highest BCUT2D eigenvalue weighted by molar-refractivity contribution is 7.92. The second-order valence-electron chi connectivity index (χ2n) is 11.4. The summed E-state index contributed by atoms with van der Waals surface area (Å²) < 4.78 is 42.7. The van der Waals surface area contributed by atoms with Gasteiger partial charge in [-0.2, -0.15) is 0 Å². The number of amides is 2. The van der Waals surface area contributed by atoms with Crippen molar-refractivity contribution in [3.63, 3.8) is 0 Å². The average molecular weight is 594 g/mol. The second kappa shape index (κ2) is 13.5. The van der Waals surface area contributed by atoms with Crippen LogP contribution in [0.5, 0.6) is 0 Å². The van der Waals surface area contributed by atoms with Gasteiger partial charge in [0.15, 0.2) is 0 Å². The second-order valence-corrected chi connectivity index (χ2v) is 13.2. The van der Waals surface area contributed by atoms with Crippen molar-refractivity contribution in [3.8, 4) is 0 Å². The van der Waals surface area contributed by atoms with Crippen molar-refractivity contribution < 1.29 is 22.4 Å². The Morgan fingerprint density at radius 2 is 1.50 bits per heavy atom. The molecule has 3 aromatic carbocycles. The normalized spacial score (nSPS) is 14.5. The SMILES string of the molecule is Cc1ccc(S(=O)(=O)N(CC(=O)N(Cc2ccc(F)cc2)[C@@H](C)C(=O)NC2CCCC2)c2ccc(C(C)C)cc2)cc1. The van der Waals surface area contributed by atoms with Crippen LogP contribution in [-0.2, 0) is 26.2 Å². The first-order valence-electron chi connectivity index (χ1n) is 14.5. The fourth-order valence-corrected chi connectivity index (χ4v) is 6.57. The third-order valence-corrected chi connectivity index (χ3v) is 9.66. The van der Waals surface area contributed by atoms with Crippen molar-refractivity contribution in [1.29, 1.82) is 0 Å². The molecule has 0 aliphatic heterocycles. The molecule has 0 bridgehead atoms. The number of sulfonamides is 1. The summed E-state index contributed by atoms with van der Waals surface area (Å²) in [6, 6.07) is 18.5. The molecular formula is C33H40FN3O4S. The van der Waals surface area contributed by atoms with Crippen molar-refractivity contribution >= 4 is 27.5 Å². The van der Waals surface area contributed by atoms with Crippen LogP contribution in [0.2, 0.25) is 0 Å². The van der Waals surface area contributed by atoms with Crippen LogP contribution in [0.15, 0.2) is 77.7 Å². The fraction of sp³-hybridized carbons (Fsp3) is 0.394. The number of carbonyl (C=O) groups excluding carboxylic acids is 2. The Balaban J connectivity index is 1.69. The Morgan fingerprint density at radius 1 is 0.905 bits per heavy atom. The lowest BCUT2D eigenvalue weighted by molar-refractivity contribution is -0.139. The van der Waals surface area contributed by atoms with Gasteiger partial charge < -0.3 is 10.2 Å². The zero-order chi connectivity index (χ0) is 30.4. The number of nitrogens with zero attached hydrogens (tertiary/aromatic N) is 2. The molecule has 7 nitrogen and oxygen atoms in total. The van der Waals surface area contributed by atoms with Crippen molar-refractivity contribution in [3.05, 3.63) is 95.3 Å². The fourth-order valence-electron chi connectivity index (χ4n) is 5.15. The molecule has 1 aliphatic carbocycles. The maximum absolute atomic E-state index is 14.1. The van der Waals surface area contributed by atoms with Crippen molar-refractivity contribution in [2.45, 2.75) is 82.8 Å². The highest BCUT2D eigenvalue weighted by Crippen LogP contribution is 2.27. The van der Waals surface area contributed by atoms with E-state index >= 15 is 0 Å². The molecule has 0 heterocycles. The predicted octanol–water partition coefficient (Wildman–Crippen LogP) is 5.93. The monoisotopic (exact) mass is 593 g/mol. The summed E-state index contributed by atoms with van der Waals surface area (Å²) in [6.07, 6.45) is 3.86. The number of hydrogen-bond acceptors (Lipinski definition) is 4. The minimum Gasteiger partial charge on any atom is -0.352 e. The number of benzene rings is 3. The van der Waals surface area contributed by atoms with E-state index in [1.54, 1.807) is 43.3 Å². The molecule has 0 spiro atoms. The molecule has 4 rings (SSSR count). The first kappa shape index (κ1) is 31.2. The summed E-state index contributed by atoms with van der Waals surface area (Å²) >= 11 is 0. The molecule has 1 fully saturated rings. The summed E-state index contributed by atoms with van der Waals surface area (Å²) in [5, 5.41) is 3.05. The van der Waals surface area contributed by atoms with Crippen LogP contribution in [0, 0.1) is 12.7 Å². The first-order valence-corrected chi connectivity index (χ1v) is 15.9. The zero-order valence-corrected chi connectivity index (χ0v) is 25.5. The molecule has 1 saturated carbocycles. The van der Waals surface area contributed by atoms with Gasteiger partial charge in [0, 0.05) is 12.6 Å². The Kier molecular flexibility index (Phi) is 10.0. The van der Waals surface area contributed by atoms with Crippen LogP contribution in [0.4, 0.5) is 10.1 Å². The van der Waals surface area contributed by atoms with Gasteiger partial charge in [-0.25, -0.2) is 12.8 Å². The number of aryl methyl sites for hydroxylation is 1. The van der Waals surface area contributed by atoms with Gasteiger partial charge in [-0.1, -0.05) is 68.7 Å². The molecule has 0 saturated heterocycles. The van der Waals surface area contributed by atoms with E-state index in [-0.39, 0.29) is 29.3 Å². The van der Waals surface area contributed by atoms with E-state index in [1.807, 2.05) is 32.9 Å². The molecule has 9 heteroatoms. The number of halogens is 1. The molecule has 224 valence electrons. The zero-order valence-electron chi connectivity index (χ0n) is 24.7. The third-order valence-electron chi connectivity index (χ3n) is 7.87. The van der Waals surface area contributed by atoms with Crippen LogP contribution in [0.25, 0.3) is 0 Å². The Hall–Kier alpha value is -3.72. The molecular weight excluding hydrogens is 553 g/mol. The molecule has 1 aliphatic rings. The lowest BCUT2D eigenvalue weighted by Gasteiger charge is -2.32. The standard InChI is InChI=1S/C33H40FN3O4S/c1-23(2)27-13-17-30(18-14-27)37(42(40,41)31-19-9-24(3)10-20-31)22-32(38)36(21-26-11-15-28(34)16-12-26)25(4)33(39)35-29-7-5-6-8-29/h9-20,23,25,29H,5-8,21-22H2,1-4H3,(H,35,39)/t25-/m0/s1. The quantitative estimate of drug-likeness (QED) is 0.299. The highest BCUT2D eigenvalue weighted by Gasteiger charge is 2.33. The minimum absolute atomic E-state index is 0.0169. The Bertz CT molecular complexity index is 1470. The van der Waals surface area contributed by atoms with Gasteiger partial charge >= 0.3 is 0 Å². The number of nitrogens with one attached hydrogen (secondary N) is 1. The molecule has 0 aromatic heterocycles. The van der Waals surface area contributed by atoms with Crippen molar-refractivity contribution in [2.75, 3.05) is 10.8 Å². The summed E-state index contributed by atoms with van der Waals surface area (Å²) in [4.78, 5) is 28.8. The van der Waals surface area contributed by atoms with E-state index in [0.717, 1.165) is 41.1 Å². The molecule has 1 N–H and O–H groups in total. The van der Waals surface area contributed by atoms with Gasteiger partial charge in [0.05, 0.1) is 10.6 Å². The largest absolute Gasteiger partial charge is 0.352 e. The Morgan fingerprint density at radius 3 is 2.07 bits per heavy atom. The molecule has 3 aromatic rings. The number of rotatable bonds is 11. The van der Waals surface area contributed by atoms with E-state index in [1.165, 1.54) is 29.2 Å². The van der Waals surface area contributed by atoms with Gasteiger partial charge in [-0.15, -0.1) is 0 Å². The minimum atomic E-state index is -4.14. The topological polar surface area (TPSA) is 86.8 Å². The maximum atomic E-state index is 14.1. The average Bonchev–Trinajstić information content (AvgIpc) is 3.48. The van der Waals surface area contributed by atoms with Crippen LogP contribution < -0.4 is 9.62 Å². The summed E-state index contributed by atoms with van der Waals surface area (Å²) in [6.45, 7) is 7.10. The number of carbonyl (C=O) groups is 2. The summed E-state index contributed by atoms with van der Waals surface area (Å²) in [5.41, 5.74) is 2.91. The highest BCUT2D eigenvalue weighted by atomic mass is 32.2. The van der Waals surface area contributed by atoms with Crippen molar-refractivity contribution in [1.82, 2.24) is 10.2 Å². The summed E-state index contributed by atoms with van der Waals surface area (Å²) in [5.74, 6) is -1.01. The smallest absolute Gasteiger partial charge is 0.264 e. The molecule has 0 unspecified atom stereocenters. The molecule has 2 amide bonds. The van der Waals surface area contributed by atoms with Gasteiger partial charge in [-0.3, -0.25) is 13.9 Å². The van der Waals surface area contributed by atoms with E-state index in [0.29, 0.717) is 11.3 Å². The third kappa shape index (κ3) is 7.56. The van der Waals surface area contributed by atoms with E-state index in [4.69, 9.17) is 0 Å². The van der Waals surface area contributed by atoms with Crippen LogP contribution in [0.1, 0.15) is 69.1 Å². The van der Waals surface area contributed by atoms with Crippen molar-refractivity contribution in [2.24, 2.45) is 0 Å². The van der Waals surface area contributed by atoms with Gasteiger partial charge in [-0.05, 0) is 80.1 Å². The van der Waals surface area contributed by atoms with E-state index in [9.17, 15) is 22.4 Å². The predicted molar refractivity (Wildman–Crippen MR) is 163 cm³/mol. The Labute approximate surface area is 248 Å². The first-order chi connectivity index (χ1) is 20.0. The van der Waals surface area contributed by atoms with Crippen LogP contribution in [0.3, 0.4) is 0 Å². The number of hydrogen-bond donors (Lipinski definition) is 1. The van der Waals surface area contributed by atoms with E-state index < -0.39 is 34.3 Å². The van der Waals surface area contributed by atoms with Gasteiger partial charge in [0.2, 0.25) is 11.8 Å². The van der Waals surface area contributed by atoms with Crippen LogP contribution >= 0.6 is 0 Å². The lowest BCUT2D eigenvalue weighted by Crippen LogP contribution is -2.52.